The van der Waals surface area contributed by atoms with Gasteiger partial charge >= 0.3 is 0 Å². The third-order valence-electron chi connectivity index (χ3n) is 0.877. The van der Waals surface area contributed by atoms with Crippen LogP contribution in [-0.2, 0) is 9.59 Å². The van der Waals surface area contributed by atoms with Gasteiger partial charge in [-0.15, -0.1) is 0 Å². The minimum absolute atomic E-state index is 0.285. The van der Waals surface area contributed by atoms with E-state index < -0.39 is 0 Å². The lowest BCUT2D eigenvalue weighted by molar-refractivity contribution is -0.108. The highest BCUT2D eigenvalue weighted by Gasteiger charge is 1.98. The fourth-order valence-corrected chi connectivity index (χ4v) is 1.03. The molecule has 0 aliphatic heterocycles. The van der Waals surface area contributed by atoms with Crippen molar-refractivity contribution in [2.75, 3.05) is 5.75 Å². The van der Waals surface area contributed by atoms with Crippen LogP contribution in [0.3, 0.4) is 0 Å². The van der Waals surface area contributed by atoms with E-state index in [0.29, 0.717) is 12.2 Å². The molecule has 9 heavy (non-hydrogen) atoms. The van der Waals surface area contributed by atoms with Crippen molar-refractivity contribution in [3.8, 4) is 0 Å². The maximum absolute atomic E-state index is 9.88. The Labute approximate surface area is 59.0 Å². The van der Waals surface area contributed by atoms with E-state index in [1.54, 1.807) is 0 Å². The number of carbonyl (C=O) groups is 2. The summed E-state index contributed by atoms with van der Waals surface area (Å²) < 4.78 is 0. The summed E-state index contributed by atoms with van der Waals surface area (Å²) in [5.41, 5.74) is 0. The highest BCUT2D eigenvalue weighted by Crippen LogP contribution is 2.10. The van der Waals surface area contributed by atoms with E-state index in [9.17, 15) is 9.59 Å². The van der Waals surface area contributed by atoms with E-state index in [0.717, 1.165) is 12.6 Å². The fraction of sp³-hybridized carbons (Fsp3) is 0.667. The van der Waals surface area contributed by atoms with Gasteiger partial charge < -0.3 is 9.59 Å². The largest absolute Gasteiger partial charge is 0.303 e. The van der Waals surface area contributed by atoms with Crippen molar-refractivity contribution >= 4 is 24.3 Å². The molecule has 2 nitrogen and oxygen atoms in total. The summed E-state index contributed by atoms with van der Waals surface area (Å²) >= 11 is 1.50. The van der Waals surface area contributed by atoms with Crippen molar-refractivity contribution in [3.63, 3.8) is 0 Å². The van der Waals surface area contributed by atoms with Crippen LogP contribution in [0.25, 0.3) is 0 Å². The molecule has 1 unspecified atom stereocenters. The molecule has 0 saturated heterocycles. The molecule has 0 aliphatic rings. The van der Waals surface area contributed by atoms with Gasteiger partial charge in [-0.25, -0.2) is 0 Å². The lowest BCUT2D eigenvalue weighted by Gasteiger charge is -2.01. The van der Waals surface area contributed by atoms with E-state index in [2.05, 4.69) is 0 Å². The van der Waals surface area contributed by atoms with Gasteiger partial charge in [-0.3, -0.25) is 0 Å². The first-order chi connectivity index (χ1) is 4.31. The molecule has 0 aromatic heterocycles. The molecule has 0 aliphatic carbocycles. The monoisotopic (exact) mass is 146 g/mol. The number of carbonyl (C=O) groups excluding carboxylic acids is 2. The van der Waals surface area contributed by atoms with Gasteiger partial charge in [0.25, 0.3) is 0 Å². The predicted octanol–water partition coefficient (Wildman–Crippen LogP) is 0.896. The number of aldehydes is 2. The van der Waals surface area contributed by atoms with Crippen LogP contribution in [-0.4, -0.2) is 23.6 Å². The van der Waals surface area contributed by atoms with Crippen LogP contribution in [0.2, 0.25) is 0 Å². The third-order valence-corrected chi connectivity index (χ3v) is 1.97. The summed E-state index contributed by atoms with van der Waals surface area (Å²) in [7, 11) is 0. The molecule has 0 saturated carbocycles. The smallest absolute Gasteiger partial charge is 0.129 e. The summed E-state index contributed by atoms with van der Waals surface area (Å²) in [6, 6.07) is 0. The van der Waals surface area contributed by atoms with Gasteiger partial charge in [0.15, 0.2) is 0 Å². The second kappa shape index (κ2) is 5.82. The molecule has 1 atom stereocenters. The molecular weight excluding hydrogens is 136 g/mol. The zero-order chi connectivity index (χ0) is 7.11. The second-order valence-corrected chi connectivity index (χ2v) is 3.18. The number of hydrogen-bond donors (Lipinski definition) is 0. The lowest BCUT2D eigenvalue weighted by atomic mass is 10.4. The van der Waals surface area contributed by atoms with Gasteiger partial charge in [-0.2, -0.15) is 11.8 Å². The Kier molecular flexibility index (Phi) is 5.62. The standard InChI is InChI=1S/C6H10O2S/c1-6(2-3-7)9-5-4-8/h3-4,6H,2,5H2,1H3. The summed E-state index contributed by atoms with van der Waals surface area (Å²) in [5.74, 6) is 0.495. The average Bonchev–Trinajstić information content (AvgIpc) is 1.85. The van der Waals surface area contributed by atoms with Gasteiger partial charge in [0.1, 0.15) is 12.6 Å². The van der Waals surface area contributed by atoms with Crippen molar-refractivity contribution in [2.24, 2.45) is 0 Å². The minimum Gasteiger partial charge on any atom is -0.303 e. The average molecular weight is 146 g/mol. The zero-order valence-corrected chi connectivity index (χ0v) is 6.19. The Bertz CT molecular complexity index is 93.1. The summed E-state index contributed by atoms with van der Waals surface area (Å²) in [6.45, 7) is 1.93. The van der Waals surface area contributed by atoms with Gasteiger partial charge in [-0.1, -0.05) is 6.92 Å². The number of hydrogen-bond acceptors (Lipinski definition) is 3. The second-order valence-electron chi connectivity index (χ2n) is 1.71. The Morgan fingerprint density at radius 2 is 2.11 bits per heavy atom. The Morgan fingerprint density at radius 3 is 2.56 bits per heavy atom. The van der Waals surface area contributed by atoms with Crippen LogP contribution in [0.5, 0.6) is 0 Å². The molecule has 3 heteroatoms. The van der Waals surface area contributed by atoms with Gasteiger partial charge in [-0.05, 0) is 0 Å². The molecule has 0 amide bonds. The summed E-state index contributed by atoms with van der Waals surface area (Å²) in [5, 5.41) is 0.285. The van der Waals surface area contributed by atoms with Crippen molar-refractivity contribution in [2.45, 2.75) is 18.6 Å². The molecule has 0 fully saturated rings. The molecule has 0 radical (unpaired) electrons. The van der Waals surface area contributed by atoms with Crippen LogP contribution >= 0.6 is 11.8 Å². The van der Waals surface area contributed by atoms with E-state index in [1.807, 2.05) is 6.92 Å². The first-order valence-corrected chi connectivity index (χ1v) is 3.85. The molecule has 0 spiro atoms. The van der Waals surface area contributed by atoms with Crippen molar-refractivity contribution in [1.82, 2.24) is 0 Å². The zero-order valence-electron chi connectivity index (χ0n) is 5.37. The Morgan fingerprint density at radius 1 is 1.44 bits per heavy atom. The Hall–Kier alpha value is -0.310. The van der Waals surface area contributed by atoms with Crippen molar-refractivity contribution < 1.29 is 9.59 Å². The van der Waals surface area contributed by atoms with Crippen molar-refractivity contribution in [1.29, 1.82) is 0 Å². The van der Waals surface area contributed by atoms with E-state index in [-0.39, 0.29) is 5.25 Å². The lowest BCUT2D eigenvalue weighted by Crippen LogP contribution is -1.97. The maximum atomic E-state index is 9.88. The Balaban J connectivity index is 3.14. The molecule has 52 valence electrons. The third kappa shape index (κ3) is 5.56. The van der Waals surface area contributed by atoms with Crippen molar-refractivity contribution in [3.05, 3.63) is 0 Å². The van der Waals surface area contributed by atoms with Gasteiger partial charge in [0, 0.05) is 17.4 Å². The van der Waals surface area contributed by atoms with E-state index in [4.69, 9.17) is 0 Å². The first-order valence-electron chi connectivity index (χ1n) is 2.80. The molecular formula is C6H10O2S. The molecule has 0 N–H and O–H groups in total. The fourth-order valence-electron chi connectivity index (χ4n) is 0.407. The molecule has 0 rings (SSSR count). The summed E-state index contributed by atoms with van der Waals surface area (Å²) in [6.07, 6.45) is 2.27. The minimum atomic E-state index is 0.285. The van der Waals surface area contributed by atoms with E-state index in [1.165, 1.54) is 11.8 Å². The van der Waals surface area contributed by atoms with Gasteiger partial charge in [0.2, 0.25) is 0 Å². The highest BCUT2D eigenvalue weighted by molar-refractivity contribution is 8.00. The first kappa shape index (κ1) is 8.69. The molecule has 0 heterocycles. The molecule has 0 aromatic carbocycles. The highest BCUT2D eigenvalue weighted by atomic mass is 32.2. The molecule has 0 bridgehead atoms. The van der Waals surface area contributed by atoms with Gasteiger partial charge in [0.05, 0.1) is 0 Å². The predicted molar refractivity (Wildman–Crippen MR) is 38.7 cm³/mol. The SMILES string of the molecule is CC(CC=O)SCC=O. The number of thioether (sulfide) groups is 1. The van der Waals surface area contributed by atoms with E-state index >= 15 is 0 Å². The van der Waals surface area contributed by atoms with Crippen LogP contribution in [0.15, 0.2) is 0 Å². The molecule has 0 aromatic rings. The van der Waals surface area contributed by atoms with Crippen LogP contribution in [0.4, 0.5) is 0 Å². The maximum Gasteiger partial charge on any atom is 0.129 e. The van der Waals surface area contributed by atoms with Crippen LogP contribution < -0.4 is 0 Å². The summed E-state index contributed by atoms with van der Waals surface area (Å²) in [4.78, 5) is 19.7. The van der Waals surface area contributed by atoms with Crippen LogP contribution in [0, 0.1) is 0 Å². The quantitative estimate of drug-likeness (QED) is 0.540. The topological polar surface area (TPSA) is 34.1 Å². The van der Waals surface area contributed by atoms with Crippen LogP contribution in [0.1, 0.15) is 13.3 Å². The number of rotatable bonds is 5. The normalized spacial score (nSPS) is 12.6.